The third-order valence-corrected chi connectivity index (χ3v) is 7.03. The molecule has 7 rings (SSSR count). The zero-order valence-corrected chi connectivity index (χ0v) is 21.0. The Hall–Kier alpha value is -5.04. The first-order valence-corrected chi connectivity index (χ1v) is 12.5. The van der Waals surface area contributed by atoms with E-state index in [1.807, 2.05) is 59.3 Å². The number of nitrogens with one attached hydrogen (secondary N) is 1. The molecule has 38 heavy (non-hydrogen) atoms. The van der Waals surface area contributed by atoms with E-state index < -0.39 is 0 Å². The molecule has 0 aliphatic carbocycles. The number of aromatic nitrogens is 4. The summed E-state index contributed by atoms with van der Waals surface area (Å²) in [6.45, 7) is 0. The van der Waals surface area contributed by atoms with Gasteiger partial charge >= 0.3 is 0 Å². The lowest BCUT2D eigenvalue weighted by Crippen LogP contribution is -2.25. The number of rotatable bonds is 5. The Kier molecular flexibility index (Phi) is 5.14. The Morgan fingerprint density at radius 1 is 0.789 bits per heavy atom. The molecule has 0 bridgehead atoms. The van der Waals surface area contributed by atoms with Crippen molar-refractivity contribution in [2.24, 2.45) is 0 Å². The van der Waals surface area contributed by atoms with Crippen molar-refractivity contribution in [2.45, 2.75) is 6.17 Å². The third kappa shape index (κ3) is 3.43. The molecule has 0 radical (unpaired) electrons. The molecule has 6 aromatic rings. The molecular weight excluding hydrogens is 474 g/mol. The van der Waals surface area contributed by atoms with Gasteiger partial charge in [-0.2, -0.15) is 5.10 Å². The van der Waals surface area contributed by atoms with Gasteiger partial charge in [-0.3, -0.25) is 4.57 Å². The second kappa shape index (κ2) is 8.81. The van der Waals surface area contributed by atoms with Crippen molar-refractivity contribution in [3.8, 4) is 39.8 Å². The van der Waals surface area contributed by atoms with Gasteiger partial charge in [-0.15, -0.1) is 0 Å². The standard InChI is InChI=1S/C31H25N5O2/c1-37-27-17-16-20(18-28(27)38-2)29-23(19-35(34-29)21-10-4-3-5-11-21)31-32-24-13-7-6-12-22(24)30-33-25-14-8-9-15-26(25)36(30)31/h3-19,31-32H,1-2H3/t31-/m1/s1. The predicted octanol–water partition coefficient (Wildman–Crippen LogP) is 6.55. The van der Waals surface area contributed by atoms with Gasteiger partial charge < -0.3 is 14.8 Å². The first kappa shape index (κ1) is 22.2. The number of anilines is 1. The highest BCUT2D eigenvalue weighted by atomic mass is 16.5. The van der Waals surface area contributed by atoms with Gasteiger partial charge in [0, 0.05) is 28.6 Å². The van der Waals surface area contributed by atoms with E-state index in [0.717, 1.165) is 50.6 Å². The molecular formula is C31H25N5O2. The molecule has 0 saturated heterocycles. The lowest BCUT2D eigenvalue weighted by molar-refractivity contribution is 0.355. The number of para-hydroxylation sites is 4. The van der Waals surface area contributed by atoms with E-state index in [-0.39, 0.29) is 6.17 Å². The molecule has 1 atom stereocenters. The highest BCUT2D eigenvalue weighted by Gasteiger charge is 2.31. The third-order valence-electron chi connectivity index (χ3n) is 7.03. The van der Waals surface area contributed by atoms with Crippen LogP contribution in [0.3, 0.4) is 0 Å². The van der Waals surface area contributed by atoms with Gasteiger partial charge in [0.15, 0.2) is 11.5 Å². The fourth-order valence-electron chi connectivity index (χ4n) is 5.24. The van der Waals surface area contributed by atoms with Crippen LogP contribution in [-0.4, -0.2) is 33.6 Å². The average molecular weight is 500 g/mol. The molecule has 3 heterocycles. The first-order chi connectivity index (χ1) is 18.7. The Morgan fingerprint density at radius 2 is 1.55 bits per heavy atom. The van der Waals surface area contributed by atoms with Crippen LogP contribution in [0.2, 0.25) is 0 Å². The second-order valence-corrected chi connectivity index (χ2v) is 9.17. The van der Waals surface area contributed by atoms with E-state index in [1.165, 1.54) is 0 Å². The number of nitrogens with zero attached hydrogens (tertiary/aromatic N) is 4. The van der Waals surface area contributed by atoms with E-state index in [2.05, 4.69) is 58.5 Å². The SMILES string of the molecule is COc1ccc(-c2nn(-c3ccccc3)cc2[C@@H]2Nc3ccccc3-c3nc4ccccc4n32)cc1OC. The minimum Gasteiger partial charge on any atom is -0.493 e. The molecule has 7 nitrogen and oxygen atoms in total. The summed E-state index contributed by atoms with van der Waals surface area (Å²) in [6, 6.07) is 32.6. The molecule has 7 heteroatoms. The normalized spacial score (nSPS) is 14.0. The summed E-state index contributed by atoms with van der Waals surface area (Å²) in [5.41, 5.74) is 7.88. The Morgan fingerprint density at radius 3 is 2.39 bits per heavy atom. The molecule has 0 unspecified atom stereocenters. The fourth-order valence-corrected chi connectivity index (χ4v) is 5.24. The lowest BCUT2D eigenvalue weighted by atomic mass is 10.0. The smallest absolute Gasteiger partial charge is 0.161 e. The zero-order valence-electron chi connectivity index (χ0n) is 21.0. The van der Waals surface area contributed by atoms with Crippen LogP contribution in [0.5, 0.6) is 11.5 Å². The average Bonchev–Trinajstić information content (AvgIpc) is 3.60. The van der Waals surface area contributed by atoms with Crippen molar-refractivity contribution < 1.29 is 9.47 Å². The number of hydrogen-bond donors (Lipinski definition) is 1. The number of imidazole rings is 1. The Balaban J connectivity index is 1.49. The summed E-state index contributed by atoms with van der Waals surface area (Å²) < 4.78 is 15.3. The van der Waals surface area contributed by atoms with Gasteiger partial charge in [-0.05, 0) is 54.6 Å². The summed E-state index contributed by atoms with van der Waals surface area (Å²) in [6.07, 6.45) is 1.86. The second-order valence-electron chi connectivity index (χ2n) is 9.17. The summed E-state index contributed by atoms with van der Waals surface area (Å²) in [7, 11) is 3.29. The minimum atomic E-state index is -0.243. The first-order valence-electron chi connectivity index (χ1n) is 12.5. The van der Waals surface area contributed by atoms with E-state index in [0.29, 0.717) is 11.5 Å². The van der Waals surface area contributed by atoms with Crippen molar-refractivity contribution in [3.63, 3.8) is 0 Å². The van der Waals surface area contributed by atoms with Crippen LogP contribution in [0.4, 0.5) is 5.69 Å². The lowest BCUT2D eigenvalue weighted by Gasteiger charge is -2.30. The minimum absolute atomic E-state index is 0.243. The Labute approximate surface area is 219 Å². The van der Waals surface area contributed by atoms with Gasteiger partial charge in [-0.1, -0.05) is 42.5 Å². The fraction of sp³-hybridized carbons (Fsp3) is 0.0968. The summed E-state index contributed by atoms with van der Waals surface area (Å²) in [5, 5.41) is 8.88. The van der Waals surface area contributed by atoms with Crippen molar-refractivity contribution in [1.29, 1.82) is 0 Å². The van der Waals surface area contributed by atoms with Crippen LogP contribution < -0.4 is 14.8 Å². The van der Waals surface area contributed by atoms with Gasteiger partial charge in [0.05, 0.1) is 30.9 Å². The number of hydrogen-bond acceptors (Lipinski definition) is 5. The van der Waals surface area contributed by atoms with Crippen LogP contribution in [0, 0.1) is 0 Å². The maximum absolute atomic E-state index is 5.63. The zero-order chi connectivity index (χ0) is 25.6. The number of ether oxygens (including phenoxy) is 2. The van der Waals surface area contributed by atoms with Gasteiger partial charge in [0.2, 0.25) is 0 Å². The molecule has 0 amide bonds. The van der Waals surface area contributed by atoms with Crippen molar-refractivity contribution >= 4 is 16.7 Å². The van der Waals surface area contributed by atoms with Crippen molar-refractivity contribution in [3.05, 3.63) is 109 Å². The number of benzene rings is 4. The molecule has 186 valence electrons. The van der Waals surface area contributed by atoms with E-state index in [1.54, 1.807) is 14.2 Å². The molecule has 1 N–H and O–H groups in total. The quantitative estimate of drug-likeness (QED) is 0.292. The highest BCUT2D eigenvalue weighted by molar-refractivity contribution is 5.87. The topological polar surface area (TPSA) is 66.1 Å². The van der Waals surface area contributed by atoms with Crippen molar-refractivity contribution in [1.82, 2.24) is 19.3 Å². The maximum Gasteiger partial charge on any atom is 0.161 e. The van der Waals surface area contributed by atoms with Crippen LogP contribution in [0.15, 0.2) is 103 Å². The number of fused-ring (bicyclic) bond motifs is 5. The van der Waals surface area contributed by atoms with Crippen LogP contribution >= 0.6 is 0 Å². The van der Waals surface area contributed by atoms with E-state index in [9.17, 15) is 0 Å². The van der Waals surface area contributed by atoms with Gasteiger partial charge in [0.1, 0.15) is 17.7 Å². The van der Waals surface area contributed by atoms with Crippen LogP contribution in [0.1, 0.15) is 11.7 Å². The molecule has 1 aliphatic heterocycles. The molecule has 0 spiro atoms. The highest BCUT2D eigenvalue weighted by Crippen LogP contribution is 2.43. The van der Waals surface area contributed by atoms with Crippen LogP contribution in [-0.2, 0) is 0 Å². The van der Waals surface area contributed by atoms with E-state index >= 15 is 0 Å². The largest absolute Gasteiger partial charge is 0.493 e. The molecule has 0 saturated carbocycles. The molecule has 0 fully saturated rings. The van der Waals surface area contributed by atoms with Gasteiger partial charge in [-0.25, -0.2) is 9.67 Å². The molecule has 1 aliphatic rings. The monoisotopic (exact) mass is 499 g/mol. The Bertz CT molecular complexity index is 1790. The maximum atomic E-state index is 5.63. The summed E-state index contributed by atoms with van der Waals surface area (Å²) >= 11 is 0. The van der Waals surface area contributed by atoms with Crippen LogP contribution in [0.25, 0.3) is 39.4 Å². The van der Waals surface area contributed by atoms with E-state index in [4.69, 9.17) is 19.6 Å². The summed E-state index contributed by atoms with van der Waals surface area (Å²) in [4.78, 5) is 5.05. The predicted molar refractivity (Wildman–Crippen MR) is 149 cm³/mol. The van der Waals surface area contributed by atoms with Crippen molar-refractivity contribution in [2.75, 3.05) is 19.5 Å². The molecule has 2 aromatic heterocycles. The number of methoxy groups -OCH3 is 2. The van der Waals surface area contributed by atoms with Gasteiger partial charge in [0.25, 0.3) is 0 Å². The molecule has 4 aromatic carbocycles. The summed E-state index contributed by atoms with van der Waals surface area (Å²) in [5.74, 6) is 2.25.